The van der Waals surface area contributed by atoms with Crippen LogP contribution in [0.3, 0.4) is 0 Å². The second-order valence-corrected chi connectivity index (χ2v) is 8.18. The van der Waals surface area contributed by atoms with Crippen molar-refractivity contribution < 1.29 is 4.79 Å². The molecular formula is C27H20ClN3O. The molecule has 156 valence electrons. The minimum absolute atomic E-state index is 0.194. The Balaban J connectivity index is 1.64. The molecule has 0 spiro atoms. The van der Waals surface area contributed by atoms with Crippen LogP contribution in [0.2, 0.25) is 5.02 Å². The molecule has 5 rings (SSSR count). The molecular weight excluding hydrogens is 418 g/mol. The Morgan fingerprint density at radius 2 is 1.59 bits per heavy atom. The van der Waals surface area contributed by atoms with Gasteiger partial charge in [-0.05, 0) is 49.7 Å². The Bertz CT molecular complexity index is 1500. The molecule has 0 saturated heterocycles. The standard InChI is InChI=1S/C27H20ClN3O/c1-16-14-25(20-12-13-22(28)17(2)26(20)29-16)31-27(32)21-15-24(18-8-4-3-5-9-18)30-23-11-7-6-10-19(21)23/h3-15H,1-2H3,(H,29,31,32). The number of nitrogens with one attached hydrogen (secondary N) is 1. The van der Waals surface area contributed by atoms with Crippen molar-refractivity contribution >= 4 is 45.0 Å². The Labute approximate surface area is 190 Å². The van der Waals surface area contributed by atoms with Crippen LogP contribution >= 0.6 is 11.6 Å². The second-order valence-electron chi connectivity index (χ2n) is 7.77. The van der Waals surface area contributed by atoms with Gasteiger partial charge in [0.05, 0.1) is 28.0 Å². The Kier molecular flexibility index (Phi) is 5.08. The van der Waals surface area contributed by atoms with Crippen molar-refractivity contribution in [1.82, 2.24) is 9.97 Å². The van der Waals surface area contributed by atoms with Crippen LogP contribution in [0.25, 0.3) is 33.1 Å². The molecule has 0 radical (unpaired) electrons. The van der Waals surface area contributed by atoms with Gasteiger partial charge >= 0.3 is 0 Å². The van der Waals surface area contributed by atoms with Crippen LogP contribution in [0, 0.1) is 13.8 Å². The third kappa shape index (κ3) is 3.59. The lowest BCUT2D eigenvalue weighted by Gasteiger charge is -2.14. The first-order valence-corrected chi connectivity index (χ1v) is 10.7. The molecule has 0 fully saturated rings. The maximum absolute atomic E-state index is 13.5. The fourth-order valence-electron chi connectivity index (χ4n) is 3.95. The number of hydrogen-bond donors (Lipinski definition) is 1. The number of nitrogens with zero attached hydrogens (tertiary/aromatic N) is 2. The summed E-state index contributed by atoms with van der Waals surface area (Å²) in [4.78, 5) is 22.9. The van der Waals surface area contributed by atoms with E-state index in [0.717, 1.165) is 44.3 Å². The third-order valence-electron chi connectivity index (χ3n) is 5.58. The van der Waals surface area contributed by atoms with Crippen LogP contribution in [-0.4, -0.2) is 15.9 Å². The molecule has 0 bridgehead atoms. The van der Waals surface area contributed by atoms with Gasteiger partial charge in [-0.3, -0.25) is 9.78 Å². The van der Waals surface area contributed by atoms with E-state index in [1.807, 2.05) is 92.7 Å². The van der Waals surface area contributed by atoms with E-state index in [2.05, 4.69) is 10.3 Å². The summed E-state index contributed by atoms with van der Waals surface area (Å²) in [5, 5.41) is 5.42. The van der Waals surface area contributed by atoms with Crippen molar-refractivity contribution in [1.29, 1.82) is 0 Å². The van der Waals surface area contributed by atoms with Crippen molar-refractivity contribution in [3.63, 3.8) is 0 Å². The summed E-state index contributed by atoms with van der Waals surface area (Å²) >= 11 is 6.30. The van der Waals surface area contributed by atoms with Crippen molar-refractivity contribution in [3.8, 4) is 11.3 Å². The Morgan fingerprint density at radius 1 is 0.844 bits per heavy atom. The van der Waals surface area contributed by atoms with E-state index < -0.39 is 0 Å². The van der Waals surface area contributed by atoms with Gasteiger partial charge in [-0.1, -0.05) is 60.1 Å². The third-order valence-corrected chi connectivity index (χ3v) is 5.98. The predicted octanol–water partition coefficient (Wildman–Crippen LogP) is 6.97. The van der Waals surface area contributed by atoms with E-state index >= 15 is 0 Å². The summed E-state index contributed by atoms with van der Waals surface area (Å²) in [7, 11) is 0. The largest absolute Gasteiger partial charge is 0.321 e. The van der Waals surface area contributed by atoms with E-state index in [1.54, 1.807) is 0 Å². The first-order chi connectivity index (χ1) is 15.5. The number of pyridine rings is 2. The maximum atomic E-state index is 13.5. The van der Waals surface area contributed by atoms with Crippen molar-refractivity contribution in [2.24, 2.45) is 0 Å². The van der Waals surface area contributed by atoms with Gasteiger partial charge in [-0.25, -0.2) is 4.98 Å². The number of benzene rings is 3. The molecule has 4 nitrogen and oxygen atoms in total. The smallest absolute Gasteiger partial charge is 0.256 e. The van der Waals surface area contributed by atoms with Crippen LogP contribution < -0.4 is 5.32 Å². The van der Waals surface area contributed by atoms with E-state index in [4.69, 9.17) is 16.6 Å². The van der Waals surface area contributed by atoms with Gasteiger partial charge < -0.3 is 5.32 Å². The van der Waals surface area contributed by atoms with Gasteiger partial charge in [0.2, 0.25) is 0 Å². The number of hydrogen-bond acceptors (Lipinski definition) is 3. The number of para-hydroxylation sites is 1. The summed E-state index contributed by atoms with van der Waals surface area (Å²) in [5.41, 5.74) is 6.26. The van der Waals surface area contributed by atoms with Crippen LogP contribution in [0.4, 0.5) is 5.69 Å². The minimum atomic E-state index is -0.194. The number of halogens is 1. The van der Waals surface area contributed by atoms with Gasteiger partial charge in [0.15, 0.2) is 0 Å². The van der Waals surface area contributed by atoms with Crippen LogP contribution in [0.15, 0.2) is 78.9 Å². The zero-order valence-corrected chi connectivity index (χ0v) is 18.4. The van der Waals surface area contributed by atoms with E-state index in [9.17, 15) is 4.79 Å². The molecule has 32 heavy (non-hydrogen) atoms. The molecule has 1 N–H and O–H groups in total. The average Bonchev–Trinajstić information content (AvgIpc) is 2.81. The number of fused-ring (bicyclic) bond motifs is 2. The molecule has 2 heterocycles. The molecule has 0 aliphatic rings. The van der Waals surface area contributed by atoms with Crippen LogP contribution in [-0.2, 0) is 0 Å². The maximum Gasteiger partial charge on any atom is 0.256 e. The molecule has 0 aliphatic heterocycles. The summed E-state index contributed by atoms with van der Waals surface area (Å²) in [6.45, 7) is 3.84. The zero-order valence-electron chi connectivity index (χ0n) is 17.7. The van der Waals surface area contributed by atoms with E-state index in [-0.39, 0.29) is 5.91 Å². The Morgan fingerprint density at radius 3 is 2.41 bits per heavy atom. The highest BCUT2D eigenvalue weighted by molar-refractivity contribution is 6.32. The molecule has 0 aliphatic carbocycles. The number of aryl methyl sites for hydroxylation is 2. The fraction of sp³-hybridized carbons (Fsp3) is 0.0741. The number of carbonyl (C=O) groups is 1. The topological polar surface area (TPSA) is 54.9 Å². The lowest BCUT2D eigenvalue weighted by Crippen LogP contribution is -2.14. The highest BCUT2D eigenvalue weighted by Gasteiger charge is 2.16. The average molecular weight is 438 g/mol. The highest BCUT2D eigenvalue weighted by Crippen LogP contribution is 2.31. The molecule has 2 aromatic heterocycles. The summed E-state index contributed by atoms with van der Waals surface area (Å²) in [5.74, 6) is -0.194. The predicted molar refractivity (Wildman–Crippen MR) is 131 cm³/mol. The quantitative estimate of drug-likeness (QED) is 0.331. The van der Waals surface area contributed by atoms with E-state index in [1.165, 1.54) is 0 Å². The Hall–Kier alpha value is -3.76. The lowest BCUT2D eigenvalue weighted by molar-refractivity contribution is 0.102. The van der Waals surface area contributed by atoms with Gasteiger partial charge in [-0.2, -0.15) is 0 Å². The molecule has 0 saturated carbocycles. The van der Waals surface area contributed by atoms with E-state index in [0.29, 0.717) is 16.3 Å². The normalized spacial score (nSPS) is 11.1. The molecule has 3 aromatic carbocycles. The van der Waals surface area contributed by atoms with Gasteiger partial charge in [0, 0.05) is 27.1 Å². The monoisotopic (exact) mass is 437 g/mol. The lowest BCUT2D eigenvalue weighted by atomic mass is 10.0. The number of carbonyl (C=O) groups excluding carboxylic acids is 1. The molecule has 5 aromatic rings. The first-order valence-electron chi connectivity index (χ1n) is 10.3. The van der Waals surface area contributed by atoms with Crippen molar-refractivity contribution in [3.05, 3.63) is 101 Å². The van der Waals surface area contributed by atoms with Crippen LogP contribution in [0.1, 0.15) is 21.6 Å². The number of amides is 1. The zero-order chi connectivity index (χ0) is 22.2. The first kappa shape index (κ1) is 20.2. The van der Waals surface area contributed by atoms with Gasteiger partial charge in [0.1, 0.15) is 0 Å². The van der Waals surface area contributed by atoms with Gasteiger partial charge in [-0.15, -0.1) is 0 Å². The molecule has 1 amide bonds. The molecule has 0 atom stereocenters. The summed E-state index contributed by atoms with van der Waals surface area (Å²) < 4.78 is 0. The fourth-order valence-corrected chi connectivity index (χ4v) is 4.10. The minimum Gasteiger partial charge on any atom is -0.321 e. The van der Waals surface area contributed by atoms with Crippen LogP contribution in [0.5, 0.6) is 0 Å². The second kappa shape index (κ2) is 8.06. The molecule has 5 heteroatoms. The van der Waals surface area contributed by atoms with Crippen molar-refractivity contribution in [2.45, 2.75) is 13.8 Å². The highest BCUT2D eigenvalue weighted by atomic mass is 35.5. The SMILES string of the molecule is Cc1cc(NC(=O)c2cc(-c3ccccc3)nc3ccccc23)c2ccc(Cl)c(C)c2n1. The summed E-state index contributed by atoms with van der Waals surface area (Å²) in [6.07, 6.45) is 0. The summed E-state index contributed by atoms with van der Waals surface area (Å²) in [6, 6.07) is 25.0. The van der Waals surface area contributed by atoms with Crippen molar-refractivity contribution in [2.75, 3.05) is 5.32 Å². The van der Waals surface area contributed by atoms with Gasteiger partial charge in [0.25, 0.3) is 5.91 Å². The number of aromatic nitrogens is 2. The number of rotatable bonds is 3. The number of anilines is 1. The molecule has 0 unspecified atom stereocenters.